The van der Waals surface area contributed by atoms with Crippen molar-refractivity contribution in [3.8, 4) is 0 Å². The Hall–Kier alpha value is -1.91. The molecular weight excluding hydrogens is 230 g/mol. The summed E-state index contributed by atoms with van der Waals surface area (Å²) >= 11 is 0. The van der Waals surface area contributed by atoms with Crippen LogP contribution in [0.1, 0.15) is 24.2 Å². The van der Waals surface area contributed by atoms with E-state index < -0.39 is 0 Å². The minimum atomic E-state index is -0.0753. The molecule has 0 aliphatic rings. The lowest BCUT2D eigenvalue weighted by Gasteiger charge is -2.19. The zero-order valence-corrected chi connectivity index (χ0v) is 11.0. The summed E-state index contributed by atoms with van der Waals surface area (Å²) in [4.78, 5) is 28.3. The summed E-state index contributed by atoms with van der Waals surface area (Å²) in [5.41, 5.74) is 0.483. The molecule has 18 heavy (non-hydrogen) atoms. The van der Waals surface area contributed by atoms with E-state index >= 15 is 0 Å². The van der Waals surface area contributed by atoms with E-state index in [0.29, 0.717) is 23.8 Å². The van der Waals surface area contributed by atoms with Crippen molar-refractivity contribution < 1.29 is 9.59 Å². The van der Waals surface area contributed by atoms with Gasteiger partial charge in [-0.3, -0.25) is 9.59 Å². The number of aromatic nitrogens is 1. The Bertz CT molecular complexity index is 418. The summed E-state index contributed by atoms with van der Waals surface area (Å²) in [7, 11) is 1.74. The van der Waals surface area contributed by atoms with Gasteiger partial charge < -0.3 is 10.2 Å². The fourth-order valence-electron chi connectivity index (χ4n) is 1.48. The van der Waals surface area contributed by atoms with Crippen LogP contribution in [-0.2, 0) is 4.79 Å². The van der Waals surface area contributed by atoms with Crippen LogP contribution in [0.2, 0.25) is 0 Å². The van der Waals surface area contributed by atoms with Crippen LogP contribution < -0.4 is 10.2 Å². The first-order valence-corrected chi connectivity index (χ1v) is 5.92. The molecule has 0 spiro atoms. The number of nitrogens with zero attached hydrogens (tertiary/aromatic N) is 2. The number of hydrogen-bond donors (Lipinski definition) is 1. The summed E-state index contributed by atoms with van der Waals surface area (Å²) in [6.45, 7) is 4.90. The molecule has 0 radical (unpaired) electrons. The average Bonchev–Trinajstić information content (AvgIpc) is 2.36. The Kier molecular flexibility index (Phi) is 5.30. The van der Waals surface area contributed by atoms with Crippen molar-refractivity contribution in [3.63, 3.8) is 0 Å². The lowest BCUT2D eigenvalue weighted by molar-refractivity contribution is -0.119. The van der Waals surface area contributed by atoms with E-state index in [0.717, 1.165) is 6.29 Å². The van der Waals surface area contributed by atoms with Crippen molar-refractivity contribution in [2.75, 3.05) is 25.0 Å². The molecule has 1 rings (SSSR count). The summed E-state index contributed by atoms with van der Waals surface area (Å²) in [5, 5.41) is 2.82. The molecule has 5 nitrogen and oxygen atoms in total. The third kappa shape index (κ3) is 4.16. The number of pyridine rings is 1. The number of carbonyl (C=O) groups excluding carboxylic acids is 2. The molecule has 98 valence electrons. The lowest BCUT2D eigenvalue weighted by Crippen LogP contribution is -2.37. The zero-order chi connectivity index (χ0) is 13.5. The number of aldehydes is 1. The second-order valence-electron chi connectivity index (χ2n) is 4.59. The number of hydrogen-bond acceptors (Lipinski definition) is 4. The van der Waals surface area contributed by atoms with Crippen LogP contribution in [-0.4, -0.2) is 37.3 Å². The van der Waals surface area contributed by atoms with Crippen molar-refractivity contribution in [2.45, 2.75) is 13.8 Å². The molecule has 1 N–H and O–H groups in total. The molecule has 0 unspecified atom stereocenters. The van der Waals surface area contributed by atoms with E-state index in [2.05, 4.69) is 10.3 Å². The van der Waals surface area contributed by atoms with Gasteiger partial charge in [-0.2, -0.15) is 0 Å². The maximum atomic E-state index is 11.7. The van der Waals surface area contributed by atoms with Gasteiger partial charge in [-0.25, -0.2) is 4.98 Å². The average molecular weight is 249 g/mol. The van der Waals surface area contributed by atoms with Crippen LogP contribution in [0.5, 0.6) is 0 Å². The number of nitrogens with one attached hydrogen (secondary N) is 1. The SMILES string of the molecule is CC(C)CNC(=O)CN(C)c1ncccc1C=O. The third-order valence-electron chi connectivity index (χ3n) is 2.39. The molecular formula is C13H19N3O2. The summed E-state index contributed by atoms with van der Waals surface area (Å²) < 4.78 is 0. The first kappa shape index (κ1) is 14.2. The summed E-state index contributed by atoms with van der Waals surface area (Å²) in [5.74, 6) is 0.862. The minimum Gasteiger partial charge on any atom is -0.354 e. The maximum absolute atomic E-state index is 11.7. The lowest BCUT2D eigenvalue weighted by atomic mass is 10.2. The molecule has 0 aromatic carbocycles. The Morgan fingerprint density at radius 3 is 2.89 bits per heavy atom. The normalized spacial score (nSPS) is 10.2. The molecule has 0 saturated carbocycles. The molecule has 1 aromatic heterocycles. The van der Waals surface area contributed by atoms with Crippen LogP contribution >= 0.6 is 0 Å². The number of carbonyl (C=O) groups is 2. The number of anilines is 1. The molecule has 0 bridgehead atoms. The van der Waals surface area contributed by atoms with Gasteiger partial charge in [0.25, 0.3) is 0 Å². The van der Waals surface area contributed by atoms with E-state index in [1.807, 2.05) is 13.8 Å². The molecule has 1 aromatic rings. The number of amides is 1. The number of likely N-dealkylation sites (N-methyl/N-ethyl adjacent to an activating group) is 1. The van der Waals surface area contributed by atoms with Gasteiger partial charge >= 0.3 is 0 Å². The minimum absolute atomic E-state index is 0.0753. The molecule has 0 aliphatic carbocycles. The molecule has 5 heteroatoms. The first-order chi connectivity index (χ1) is 8.54. The fraction of sp³-hybridized carbons (Fsp3) is 0.462. The second kappa shape index (κ2) is 6.74. The number of rotatable bonds is 6. The predicted octanol–water partition coefficient (Wildman–Crippen LogP) is 1.10. The Morgan fingerprint density at radius 1 is 1.56 bits per heavy atom. The zero-order valence-electron chi connectivity index (χ0n) is 11.0. The van der Waals surface area contributed by atoms with Crippen LogP contribution in [0.25, 0.3) is 0 Å². The van der Waals surface area contributed by atoms with E-state index in [4.69, 9.17) is 0 Å². The monoisotopic (exact) mass is 249 g/mol. The fourth-order valence-corrected chi connectivity index (χ4v) is 1.48. The van der Waals surface area contributed by atoms with Crippen LogP contribution in [0, 0.1) is 5.92 Å². The van der Waals surface area contributed by atoms with Gasteiger partial charge in [0.15, 0.2) is 6.29 Å². The summed E-state index contributed by atoms with van der Waals surface area (Å²) in [6.07, 6.45) is 2.34. The largest absolute Gasteiger partial charge is 0.354 e. The van der Waals surface area contributed by atoms with Crippen molar-refractivity contribution >= 4 is 18.0 Å². The predicted molar refractivity (Wildman–Crippen MR) is 70.7 cm³/mol. The van der Waals surface area contributed by atoms with Gasteiger partial charge in [0.05, 0.1) is 12.1 Å². The topological polar surface area (TPSA) is 62.3 Å². The van der Waals surface area contributed by atoms with E-state index in [-0.39, 0.29) is 12.5 Å². The smallest absolute Gasteiger partial charge is 0.239 e. The van der Waals surface area contributed by atoms with Crippen LogP contribution in [0.3, 0.4) is 0 Å². The van der Waals surface area contributed by atoms with Crippen LogP contribution in [0.15, 0.2) is 18.3 Å². The van der Waals surface area contributed by atoms with E-state index in [1.54, 1.807) is 30.3 Å². The van der Waals surface area contributed by atoms with Gasteiger partial charge in [0.2, 0.25) is 5.91 Å². The highest BCUT2D eigenvalue weighted by atomic mass is 16.2. The molecule has 1 amide bonds. The van der Waals surface area contributed by atoms with Gasteiger partial charge in [-0.15, -0.1) is 0 Å². The van der Waals surface area contributed by atoms with Gasteiger partial charge in [0, 0.05) is 19.8 Å². The molecule has 1 heterocycles. The molecule has 0 saturated heterocycles. The van der Waals surface area contributed by atoms with Gasteiger partial charge in [0.1, 0.15) is 5.82 Å². The Labute approximate surface area is 107 Å². The van der Waals surface area contributed by atoms with Crippen molar-refractivity contribution in [3.05, 3.63) is 23.9 Å². The highest BCUT2D eigenvalue weighted by Gasteiger charge is 2.11. The van der Waals surface area contributed by atoms with Crippen molar-refractivity contribution in [1.82, 2.24) is 10.3 Å². The Balaban J connectivity index is 2.62. The quantitative estimate of drug-likeness (QED) is 0.767. The molecule has 0 fully saturated rings. The molecule has 0 atom stereocenters. The van der Waals surface area contributed by atoms with Crippen LogP contribution in [0.4, 0.5) is 5.82 Å². The van der Waals surface area contributed by atoms with Crippen molar-refractivity contribution in [1.29, 1.82) is 0 Å². The summed E-state index contributed by atoms with van der Waals surface area (Å²) in [6, 6.07) is 3.37. The Morgan fingerprint density at radius 2 is 2.28 bits per heavy atom. The maximum Gasteiger partial charge on any atom is 0.239 e. The highest BCUT2D eigenvalue weighted by Crippen LogP contribution is 2.12. The third-order valence-corrected chi connectivity index (χ3v) is 2.39. The first-order valence-electron chi connectivity index (χ1n) is 5.92. The second-order valence-corrected chi connectivity index (χ2v) is 4.59. The van der Waals surface area contributed by atoms with E-state index in [1.165, 1.54) is 0 Å². The van der Waals surface area contributed by atoms with Gasteiger partial charge in [-0.05, 0) is 18.1 Å². The van der Waals surface area contributed by atoms with E-state index in [9.17, 15) is 9.59 Å². The van der Waals surface area contributed by atoms with Gasteiger partial charge in [-0.1, -0.05) is 13.8 Å². The van der Waals surface area contributed by atoms with Crippen molar-refractivity contribution in [2.24, 2.45) is 5.92 Å². The standard InChI is InChI=1S/C13H19N3O2/c1-10(2)7-15-12(18)8-16(3)13-11(9-17)5-4-6-14-13/h4-6,9-10H,7-8H2,1-3H3,(H,15,18). The highest BCUT2D eigenvalue weighted by molar-refractivity contribution is 5.86. The molecule has 0 aliphatic heterocycles.